The van der Waals surface area contributed by atoms with Crippen LogP contribution in [0.5, 0.6) is 0 Å². The Morgan fingerprint density at radius 1 is 1.35 bits per heavy atom. The number of rotatable bonds is 5. The summed E-state index contributed by atoms with van der Waals surface area (Å²) in [5.41, 5.74) is 0. The first-order chi connectivity index (χ1) is 9.49. The highest BCUT2D eigenvalue weighted by Gasteiger charge is 2.32. The van der Waals surface area contributed by atoms with Crippen LogP contribution in [0.3, 0.4) is 0 Å². The highest BCUT2D eigenvalue weighted by atomic mass is 16.2. The summed E-state index contributed by atoms with van der Waals surface area (Å²) in [5, 5.41) is 8.13. The highest BCUT2D eigenvalue weighted by molar-refractivity contribution is 5.83. The molecule has 1 atom stereocenters. The monoisotopic (exact) mass is 278 g/mol. The summed E-state index contributed by atoms with van der Waals surface area (Å²) in [4.78, 5) is 14.9. The molecule has 20 heavy (non-hydrogen) atoms. The lowest BCUT2D eigenvalue weighted by Gasteiger charge is -2.31. The SMILES string of the molecule is CC(C)CN(CC(C)C)C(=O)C1CCCn2cnnc21. The maximum atomic E-state index is 12.9. The summed E-state index contributed by atoms with van der Waals surface area (Å²) >= 11 is 0. The second kappa shape index (κ2) is 6.37. The van der Waals surface area contributed by atoms with Crippen molar-refractivity contribution in [3.63, 3.8) is 0 Å². The van der Waals surface area contributed by atoms with Crippen LogP contribution in [0.2, 0.25) is 0 Å². The Kier molecular flexibility index (Phi) is 4.78. The summed E-state index contributed by atoms with van der Waals surface area (Å²) in [5.74, 6) is 1.93. The number of amides is 1. The molecule has 0 saturated heterocycles. The largest absolute Gasteiger partial charge is 0.342 e. The van der Waals surface area contributed by atoms with E-state index in [4.69, 9.17) is 0 Å². The van der Waals surface area contributed by atoms with E-state index in [-0.39, 0.29) is 11.8 Å². The number of carbonyl (C=O) groups excluding carboxylic acids is 1. The molecule has 2 heterocycles. The van der Waals surface area contributed by atoms with Crippen LogP contribution in [-0.4, -0.2) is 38.7 Å². The predicted octanol–water partition coefficient (Wildman–Crippen LogP) is 2.30. The molecule has 0 saturated carbocycles. The normalized spacial score (nSPS) is 18.4. The number of aryl methyl sites for hydroxylation is 1. The van der Waals surface area contributed by atoms with Gasteiger partial charge in [0.25, 0.3) is 0 Å². The first-order valence-corrected chi connectivity index (χ1v) is 7.65. The zero-order valence-electron chi connectivity index (χ0n) is 13.0. The van der Waals surface area contributed by atoms with Crippen LogP contribution in [-0.2, 0) is 11.3 Å². The minimum Gasteiger partial charge on any atom is -0.342 e. The summed E-state index contributed by atoms with van der Waals surface area (Å²) in [6.45, 7) is 11.2. The number of hydrogen-bond donors (Lipinski definition) is 0. The molecule has 5 nitrogen and oxygen atoms in total. The molecule has 1 aliphatic heterocycles. The van der Waals surface area contributed by atoms with Crippen LogP contribution in [0.15, 0.2) is 6.33 Å². The van der Waals surface area contributed by atoms with Crippen LogP contribution >= 0.6 is 0 Å². The Morgan fingerprint density at radius 3 is 2.60 bits per heavy atom. The van der Waals surface area contributed by atoms with Gasteiger partial charge in [-0.15, -0.1) is 10.2 Å². The van der Waals surface area contributed by atoms with Gasteiger partial charge in [-0.3, -0.25) is 4.79 Å². The molecule has 1 aliphatic rings. The van der Waals surface area contributed by atoms with Crippen LogP contribution < -0.4 is 0 Å². The fraction of sp³-hybridized carbons (Fsp3) is 0.800. The highest BCUT2D eigenvalue weighted by Crippen LogP contribution is 2.27. The Hall–Kier alpha value is -1.39. The van der Waals surface area contributed by atoms with Crippen LogP contribution in [0.4, 0.5) is 0 Å². The summed E-state index contributed by atoms with van der Waals surface area (Å²) in [7, 11) is 0. The van der Waals surface area contributed by atoms with Crippen molar-refractivity contribution in [1.82, 2.24) is 19.7 Å². The van der Waals surface area contributed by atoms with Gasteiger partial charge in [0.2, 0.25) is 5.91 Å². The quantitative estimate of drug-likeness (QED) is 0.830. The molecule has 1 amide bonds. The molecule has 0 fully saturated rings. The molecule has 1 aromatic rings. The number of hydrogen-bond acceptors (Lipinski definition) is 3. The Labute approximate surface area is 121 Å². The second-order valence-corrected chi connectivity index (χ2v) is 6.61. The maximum absolute atomic E-state index is 12.9. The van der Waals surface area contributed by atoms with Gasteiger partial charge in [0.05, 0.1) is 5.92 Å². The lowest BCUT2D eigenvalue weighted by Crippen LogP contribution is -2.41. The van der Waals surface area contributed by atoms with Gasteiger partial charge >= 0.3 is 0 Å². The van der Waals surface area contributed by atoms with Crippen molar-refractivity contribution >= 4 is 5.91 Å². The smallest absolute Gasteiger partial charge is 0.233 e. The standard InChI is InChI=1S/C15H26N4O/c1-11(2)8-19(9-12(3)4)15(20)13-6-5-7-18-10-16-17-14(13)18/h10-13H,5-9H2,1-4H3. The molecule has 0 N–H and O–H groups in total. The van der Waals surface area contributed by atoms with Crippen molar-refractivity contribution in [2.75, 3.05) is 13.1 Å². The zero-order valence-corrected chi connectivity index (χ0v) is 13.0. The van der Waals surface area contributed by atoms with Gasteiger partial charge in [0.1, 0.15) is 12.2 Å². The molecule has 0 bridgehead atoms. The number of aromatic nitrogens is 3. The predicted molar refractivity (Wildman–Crippen MR) is 78.3 cm³/mol. The molecule has 5 heteroatoms. The third-order valence-corrected chi connectivity index (χ3v) is 3.63. The van der Waals surface area contributed by atoms with E-state index in [1.165, 1.54) is 0 Å². The molecule has 0 spiro atoms. The fourth-order valence-corrected chi connectivity index (χ4v) is 2.89. The molecular formula is C15H26N4O. The van der Waals surface area contributed by atoms with E-state index in [1.54, 1.807) is 6.33 Å². The molecule has 0 aliphatic carbocycles. The Balaban J connectivity index is 2.16. The Morgan fingerprint density at radius 2 is 2.00 bits per heavy atom. The first-order valence-electron chi connectivity index (χ1n) is 7.65. The lowest BCUT2D eigenvalue weighted by molar-refractivity contribution is -0.134. The van der Waals surface area contributed by atoms with Gasteiger partial charge in [0, 0.05) is 19.6 Å². The van der Waals surface area contributed by atoms with Gasteiger partial charge in [0.15, 0.2) is 0 Å². The molecule has 1 aromatic heterocycles. The summed E-state index contributed by atoms with van der Waals surface area (Å²) < 4.78 is 2.02. The van der Waals surface area contributed by atoms with Crippen molar-refractivity contribution < 1.29 is 4.79 Å². The van der Waals surface area contributed by atoms with E-state index < -0.39 is 0 Å². The van der Waals surface area contributed by atoms with E-state index >= 15 is 0 Å². The third kappa shape index (κ3) is 3.38. The van der Waals surface area contributed by atoms with E-state index in [1.807, 2.05) is 9.47 Å². The molecule has 2 rings (SSSR count). The minimum atomic E-state index is -0.108. The van der Waals surface area contributed by atoms with Crippen LogP contribution in [0.1, 0.15) is 52.3 Å². The minimum absolute atomic E-state index is 0.108. The fourth-order valence-electron chi connectivity index (χ4n) is 2.89. The van der Waals surface area contributed by atoms with E-state index in [9.17, 15) is 4.79 Å². The third-order valence-electron chi connectivity index (χ3n) is 3.63. The van der Waals surface area contributed by atoms with Crippen molar-refractivity contribution in [3.8, 4) is 0 Å². The van der Waals surface area contributed by atoms with E-state index in [2.05, 4.69) is 37.9 Å². The van der Waals surface area contributed by atoms with Crippen LogP contribution in [0, 0.1) is 11.8 Å². The van der Waals surface area contributed by atoms with Crippen LogP contribution in [0.25, 0.3) is 0 Å². The van der Waals surface area contributed by atoms with Crippen molar-refractivity contribution in [1.29, 1.82) is 0 Å². The van der Waals surface area contributed by atoms with Gasteiger partial charge < -0.3 is 9.47 Å². The lowest BCUT2D eigenvalue weighted by atomic mass is 9.96. The molecular weight excluding hydrogens is 252 g/mol. The molecule has 0 radical (unpaired) electrons. The van der Waals surface area contributed by atoms with Gasteiger partial charge in [-0.05, 0) is 24.7 Å². The van der Waals surface area contributed by atoms with Crippen molar-refractivity contribution in [3.05, 3.63) is 12.2 Å². The van der Waals surface area contributed by atoms with Crippen molar-refractivity contribution in [2.24, 2.45) is 11.8 Å². The molecule has 0 aromatic carbocycles. The maximum Gasteiger partial charge on any atom is 0.233 e. The molecule has 1 unspecified atom stereocenters. The van der Waals surface area contributed by atoms with E-state index in [0.29, 0.717) is 11.8 Å². The average molecular weight is 278 g/mol. The topological polar surface area (TPSA) is 51.0 Å². The number of fused-ring (bicyclic) bond motifs is 1. The van der Waals surface area contributed by atoms with Gasteiger partial charge in [-0.25, -0.2) is 0 Å². The second-order valence-electron chi connectivity index (χ2n) is 6.61. The van der Waals surface area contributed by atoms with Gasteiger partial charge in [-0.1, -0.05) is 27.7 Å². The first kappa shape index (κ1) is 15.0. The zero-order chi connectivity index (χ0) is 14.7. The molecule has 112 valence electrons. The Bertz CT molecular complexity index is 442. The van der Waals surface area contributed by atoms with E-state index in [0.717, 1.165) is 38.3 Å². The number of nitrogens with zero attached hydrogens (tertiary/aromatic N) is 4. The summed E-state index contributed by atoms with van der Waals surface area (Å²) in [6.07, 6.45) is 3.66. The van der Waals surface area contributed by atoms with Gasteiger partial charge in [-0.2, -0.15) is 0 Å². The summed E-state index contributed by atoms with van der Waals surface area (Å²) in [6, 6.07) is 0. The number of carbonyl (C=O) groups is 1. The average Bonchev–Trinajstić information content (AvgIpc) is 2.83. The van der Waals surface area contributed by atoms with Crippen molar-refractivity contribution in [2.45, 2.75) is 53.0 Å².